The Hall–Kier alpha value is -1.60. The fourth-order valence-corrected chi connectivity index (χ4v) is 4.43. The van der Waals surface area contributed by atoms with Crippen molar-refractivity contribution < 1.29 is 9.53 Å². The highest BCUT2D eigenvalue weighted by Crippen LogP contribution is 2.30. The van der Waals surface area contributed by atoms with E-state index in [9.17, 15) is 4.79 Å². The SMILES string of the molecule is CCC(S)C1N(C(=O)c2cccc3ccccc23)CCNC1(N)CCOC. The predicted octanol–water partition coefficient (Wildman–Crippen LogP) is 2.65. The van der Waals surface area contributed by atoms with E-state index in [4.69, 9.17) is 23.1 Å². The Morgan fingerprint density at radius 3 is 2.85 bits per heavy atom. The molecule has 0 saturated carbocycles. The average molecular weight is 388 g/mol. The molecule has 27 heavy (non-hydrogen) atoms. The van der Waals surface area contributed by atoms with Crippen molar-refractivity contribution in [3.05, 3.63) is 48.0 Å². The first-order valence-electron chi connectivity index (χ1n) is 9.51. The zero-order valence-electron chi connectivity index (χ0n) is 16.0. The van der Waals surface area contributed by atoms with Gasteiger partial charge in [0.25, 0.3) is 5.91 Å². The molecule has 1 fully saturated rings. The second kappa shape index (κ2) is 8.61. The van der Waals surface area contributed by atoms with Gasteiger partial charge in [-0.15, -0.1) is 0 Å². The fourth-order valence-electron chi connectivity index (χ4n) is 4.01. The maximum absolute atomic E-state index is 13.6. The molecular weight excluding hydrogens is 358 g/mol. The van der Waals surface area contributed by atoms with Gasteiger partial charge in [0.15, 0.2) is 0 Å². The lowest BCUT2D eigenvalue weighted by Crippen LogP contribution is -2.75. The predicted molar refractivity (Wildman–Crippen MR) is 113 cm³/mol. The number of hydrogen-bond donors (Lipinski definition) is 3. The molecule has 2 aromatic carbocycles. The summed E-state index contributed by atoms with van der Waals surface area (Å²) in [7, 11) is 1.66. The Bertz CT molecular complexity index is 795. The topological polar surface area (TPSA) is 67.6 Å². The molecule has 0 spiro atoms. The van der Waals surface area contributed by atoms with E-state index in [1.165, 1.54) is 0 Å². The van der Waals surface area contributed by atoms with Gasteiger partial charge in [0.1, 0.15) is 0 Å². The highest BCUT2D eigenvalue weighted by Gasteiger charge is 2.46. The Labute approximate surface area is 166 Å². The summed E-state index contributed by atoms with van der Waals surface area (Å²) < 4.78 is 5.26. The molecule has 3 unspecified atom stereocenters. The lowest BCUT2D eigenvalue weighted by Gasteiger charge is -2.50. The molecule has 3 rings (SSSR count). The molecule has 0 aromatic heterocycles. The van der Waals surface area contributed by atoms with E-state index in [0.29, 0.717) is 31.7 Å². The van der Waals surface area contributed by atoms with Crippen LogP contribution in [0.3, 0.4) is 0 Å². The molecule has 1 aliphatic rings. The smallest absolute Gasteiger partial charge is 0.254 e. The van der Waals surface area contributed by atoms with Crippen molar-refractivity contribution >= 4 is 29.3 Å². The molecule has 2 aromatic rings. The van der Waals surface area contributed by atoms with Crippen LogP contribution in [0.15, 0.2) is 42.5 Å². The highest BCUT2D eigenvalue weighted by molar-refractivity contribution is 7.81. The van der Waals surface area contributed by atoms with E-state index in [0.717, 1.165) is 17.2 Å². The number of ether oxygens (including phenoxy) is 1. The highest BCUT2D eigenvalue weighted by atomic mass is 32.1. The van der Waals surface area contributed by atoms with E-state index in [1.54, 1.807) is 7.11 Å². The van der Waals surface area contributed by atoms with Crippen LogP contribution in [0, 0.1) is 0 Å². The molecule has 6 heteroatoms. The lowest BCUT2D eigenvalue weighted by molar-refractivity contribution is 0.0261. The molecule has 1 amide bonds. The van der Waals surface area contributed by atoms with Crippen LogP contribution in [-0.2, 0) is 4.74 Å². The van der Waals surface area contributed by atoms with Crippen molar-refractivity contribution in [3.8, 4) is 0 Å². The third-order valence-electron chi connectivity index (χ3n) is 5.45. The summed E-state index contributed by atoms with van der Waals surface area (Å²) in [5.74, 6) is 0.0121. The zero-order valence-corrected chi connectivity index (χ0v) is 16.9. The Kier molecular flexibility index (Phi) is 6.42. The van der Waals surface area contributed by atoms with Crippen molar-refractivity contribution in [1.29, 1.82) is 0 Å². The van der Waals surface area contributed by atoms with Gasteiger partial charge in [-0.3, -0.25) is 10.1 Å². The summed E-state index contributed by atoms with van der Waals surface area (Å²) in [5, 5.41) is 5.42. The van der Waals surface area contributed by atoms with Gasteiger partial charge in [0.2, 0.25) is 0 Å². The first kappa shape index (κ1) is 20.1. The van der Waals surface area contributed by atoms with Gasteiger partial charge in [-0.2, -0.15) is 12.6 Å². The molecule has 0 bridgehead atoms. The number of methoxy groups -OCH3 is 1. The third-order valence-corrected chi connectivity index (χ3v) is 6.10. The Morgan fingerprint density at radius 1 is 1.37 bits per heavy atom. The molecule has 3 atom stereocenters. The van der Waals surface area contributed by atoms with Crippen LogP contribution < -0.4 is 11.1 Å². The third kappa shape index (κ3) is 3.99. The normalized spacial score (nSPS) is 24.1. The van der Waals surface area contributed by atoms with Crippen molar-refractivity contribution in [2.45, 2.75) is 36.7 Å². The number of nitrogens with zero attached hydrogens (tertiary/aromatic N) is 1. The van der Waals surface area contributed by atoms with Gasteiger partial charge in [-0.25, -0.2) is 0 Å². The molecule has 0 aliphatic carbocycles. The maximum Gasteiger partial charge on any atom is 0.254 e. The fraction of sp³-hybridized carbons (Fsp3) is 0.476. The molecule has 146 valence electrons. The van der Waals surface area contributed by atoms with Crippen LogP contribution in [0.4, 0.5) is 0 Å². The van der Waals surface area contributed by atoms with E-state index in [2.05, 4.69) is 12.2 Å². The number of fused-ring (bicyclic) bond motifs is 1. The van der Waals surface area contributed by atoms with Crippen molar-refractivity contribution in [3.63, 3.8) is 0 Å². The number of nitrogens with two attached hydrogens (primary N) is 1. The molecule has 5 nitrogen and oxygen atoms in total. The van der Waals surface area contributed by atoms with E-state index in [-0.39, 0.29) is 17.2 Å². The minimum Gasteiger partial charge on any atom is -0.385 e. The molecule has 1 aliphatic heterocycles. The lowest BCUT2D eigenvalue weighted by atomic mass is 9.88. The van der Waals surface area contributed by atoms with E-state index < -0.39 is 5.66 Å². The van der Waals surface area contributed by atoms with Gasteiger partial charge in [0, 0.05) is 44.0 Å². The average Bonchev–Trinajstić information content (AvgIpc) is 2.70. The maximum atomic E-state index is 13.6. The van der Waals surface area contributed by atoms with E-state index in [1.807, 2.05) is 47.4 Å². The summed E-state index contributed by atoms with van der Waals surface area (Å²) in [6, 6.07) is 13.6. The zero-order chi connectivity index (χ0) is 19.4. The minimum absolute atomic E-state index is 0.0121. The summed E-state index contributed by atoms with van der Waals surface area (Å²) in [5.41, 5.74) is 6.74. The number of piperazine rings is 1. The number of thiol groups is 1. The quantitative estimate of drug-likeness (QED) is 0.667. The first-order chi connectivity index (χ1) is 13.0. The summed E-state index contributed by atoms with van der Waals surface area (Å²) in [4.78, 5) is 15.5. The number of hydrogen-bond acceptors (Lipinski definition) is 5. The number of rotatable bonds is 6. The first-order valence-corrected chi connectivity index (χ1v) is 10.0. The second-order valence-corrected chi connectivity index (χ2v) is 7.82. The van der Waals surface area contributed by atoms with Crippen LogP contribution in [0.25, 0.3) is 10.8 Å². The molecular formula is C21H29N3O2S. The van der Waals surface area contributed by atoms with Gasteiger partial charge < -0.3 is 15.4 Å². The Morgan fingerprint density at radius 2 is 2.11 bits per heavy atom. The number of benzene rings is 2. The van der Waals surface area contributed by atoms with Crippen LogP contribution in [0.2, 0.25) is 0 Å². The van der Waals surface area contributed by atoms with Crippen molar-refractivity contribution in [2.24, 2.45) is 5.73 Å². The van der Waals surface area contributed by atoms with Crippen LogP contribution in [0.1, 0.15) is 30.1 Å². The van der Waals surface area contributed by atoms with Gasteiger partial charge in [0.05, 0.1) is 11.7 Å². The molecule has 1 saturated heterocycles. The Balaban J connectivity index is 2.00. The van der Waals surface area contributed by atoms with Crippen molar-refractivity contribution in [2.75, 3.05) is 26.8 Å². The largest absolute Gasteiger partial charge is 0.385 e. The molecule has 0 radical (unpaired) electrons. The van der Waals surface area contributed by atoms with Crippen LogP contribution in [0.5, 0.6) is 0 Å². The van der Waals surface area contributed by atoms with E-state index >= 15 is 0 Å². The van der Waals surface area contributed by atoms with Gasteiger partial charge in [-0.1, -0.05) is 43.3 Å². The minimum atomic E-state index is -0.725. The standard InChI is InChI=1S/C21H29N3O2S/c1-3-18(27)19-21(22,11-14-26-2)23-12-13-24(19)20(25)17-10-6-8-15-7-4-5-9-16(15)17/h4-10,18-19,23,27H,3,11-14,22H2,1-2H3. The summed E-state index contributed by atoms with van der Waals surface area (Å²) in [6.45, 7) is 3.86. The molecule has 1 heterocycles. The monoisotopic (exact) mass is 387 g/mol. The second-order valence-electron chi connectivity index (χ2n) is 7.16. The number of carbonyl (C=O) groups excluding carboxylic acids is 1. The van der Waals surface area contributed by atoms with Crippen LogP contribution >= 0.6 is 12.6 Å². The summed E-state index contributed by atoms with van der Waals surface area (Å²) in [6.07, 6.45) is 1.44. The number of amides is 1. The van der Waals surface area contributed by atoms with Gasteiger partial charge >= 0.3 is 0 Å². The van der Waals surface area contributed by atoms with Gasteiger partial charge in [-0.05, 0) is 23.3 Å². The summed E-state index contributed by atoms with van der Waals surface area (Å²) >= 11 is 4.79. The number of nitrogens with one attached hydrogen (secondary N) is 1. The number of carbonyl (C=O) groups is 1. The molecule has 3 N–H and O–H groups in total. The van der Waals surface area contributed by atoms with Crippen LogP contribution in [-0.4, -0.2) is 54.6 Å². The van der Waals surface area contributed by atoms with Crippen molar-refractivity contribution in [1.82, 2.24) is 10.2 Å².